The Balaban J connectivity index is 1.40. The second-order valence-electron chi connectivity index (χ2n) is 7.40. The summed E-state index contributed by atoms with van der Waals surface area (Å²) in [6, 6.07) is 11.1. The molecule has 0 radical (unpaired) electrons. The molecule has 2 heterocycles. The first-order valence-corrected chi connectivity index (χ1v) is 9.88. The third-order valence-corrected chi connectivity index (χ3v) is 5.34. The first-order valence-electron chi connectivity index (χ1n) is 9.88. The maximum atomic E-state index is 12.9. The molecule has 2 aliphatic rings. The van der Waals surface area contributed by atoms with Crippen molar-refractivity contribution in [3.8, 4) is 11.5 Å². The number of piperidine rings is 1. The van der Waals surface area contributed by atoms with Gasteiger partial charge in [-0.3, -0.25) is 4.79 Å². The van der Waals surface area contributed by atoms with Crippen molar-refractivity contribution in [2.45, 2.75) is 25.3 Å². The number of ether oxygens (including phenoxy) is 3. The van der Waals surface area contributed by atoms with E-state index in [1.165, 1.54) is 12.1 Å². The van der Waals surface area contributed by atoms with Gasteiger partial charge in [-0.1, -0.05) is 12.1 Å². The van der Waals surface area contributed by atoms with Gasteiger partial charge in [0.1, 0.15) is 11.5 Å². The second kappa shape index (κ2) is 8.65. The molecule has 2 aromatic rings. The van der Waals surface area contributed by atoms with Crippen molar-refractivity contribution < 1.29 is 32.2 Å². The van der Waals surface area contributed by atoms with Gasteiger partial charge >= 0.3 is 6.18 Å². The maximum absolute atomic E-state index is 12.9. The average Bonchev–Trinajstić information content (AvgIpc) is 3.28. The molecule has 2 fully saturated rings. The monoisotopic (exact) mass is 421 g/mol. The van der Waals surface area contributed by atoms with Gasteiger partial charge in [-0.2, -0.15) is 13.2 Å². The molecule has 30 heavy (non-hydrogen) atoms. The molecule has 2 aliphatic heterocycles. The molecule has 5 nitrogen and oxygen atoms in total. The van der Waals surface area contributed by atoms with Gasteiger partial charge in [0.15, 0.2) is 6.29 Å². The largest absolute Gasteiger partial charge is 0.457 e. The van der Waals surface area contributed by atoms with Gasteiger partial charge in [0, 0.05) is 24.6 Å². The Morgan fingerprint density at radius 3 is 2.27 bits per heavy atom. The van der Waals surface area contributed by atoms with Gasteiger partial charge in [0.25, 0.3) is 5.91 Å². The van der Waals surface area contributed by atoms with E-state index in [0.29, 0.717) is 37.6 Å². The minimum Gasteiger partial charge on any atom is -0.457 e. The first kappa shape index (κ1) is 20.7. The number of hydrogen-bond acceptors (Lipinski definition) is 4. The standard InChI is InChI=1S/C22H22F3NO4/c23-22(24,25)17-4-2-6-19(14-17)30-18-5-1-3-16(13-18)20(27)26-9-7-15(8-10-26)21-28-11-12-29-21/h1-6,13-15,21H,7-12H2. The third-order valence-electron chi connectivity index (χ3n) is 5.34. The lowest BCUT2D eigenvalue weighted by Gasteiger charge is -2.33. The van der Waals surface area contributed by atoms with Gasteiger partial charge in [0.2, 0.25) is 0 Å². The van der Waals surface area contributed by atoms with Crippen LogP contribution in [0.4, 0.5) is 13.2 Å². The molecule has 1 amide bonds. The van der Waals surface area contributed by atoms with Crippen molar-refractivity contribution in [1.29, 1.82) is 0 Å². The van der Waals surface area contributed by atoms with E-state index in [1.54, 1.807) is 29.2 Å². The summed E-state index contributed by atoms with van der Waals surface area (Å²) in [5.74, 6) is 0.526. The molecule has 0 aliphatic carbocycles. The Morgan fingerprint density at radius 2 is 1.60 bits per heavy atom. The van der Waals surface area contributed by atoms with E-state index in [2.05, 4.69) is 0 Å². The number of hydrogen-bond donors (Lipinski definition) is 0. The van der Waals surface area contributed by atoms with Gasteiger partial charge in [-0.15, -0.1) is 0 Å². The summed E-state index contributed by atoms with van der Waals surface area (Å²) in [6.45, 7) is 2.43. The van der Waals surface area contributed by atoms with Crippen LogP contribution in [0.3, 0.4) is 0 Å². The zero-order valence-electron chi connectivity index (χ0n) is 16.2. The van der Waals surface area contributed by atoms with Crippen LogP contribution < -0.4 is 4.74 Å². The highest BCUT2D eigenvalue weighted by Gasteiger charge is 2.32. The molecule has 0 N–H and O–H groups in total. The van der Waals surface area contributed by atoms with E-state index in [-0.39, 0.29) is 23.9 Å². The van der Waals surface area contributed by atoms with E-state index in [9.17, 15) is 18.0 Å². The molecule has 2 aromatic carbocycles. The van der Waals surface area contributed by atoms with Crippen LogP contribution in [0.2, 0.25) is 0 Å². The fourth-order valence-electron chi connectivity index (χ4n) is 3.77. The van der Waals surface area contributed by atoms with Crippen LogP contribution in [0.15, 0.2) is 48.5 Å². The van der Waals surface area contributed by atoms with Crippen LogP contribution in [-0.2, 0) is 15.7 Å². The fourth-order valence-corrected chi connectivity index (χ4v) is 3.77. The molecule has 4 rings (SSSR count). The quantitative estimate of drug-likeness (QED) is 0.717. The molecule has 160 valence electrons. The molecule has 0 atom stereocenters. The molecule has 0 spiro atoms. The van der Waals surface area contributed by atoms with Gasteiger partial charge in [-0.05, 0) is 49.2 Å². The Bertz CT molecular complexity index is 888. The number of likely N-dealkylation sites (tertiary alicyclic amines) is 1. The second-order valence-corrected chi connectivity index (χ2v) is 7.40. The van der Waals surface area contributed by atoms with E-state index in [4.69, 9.17) is 14.2 Å². The van der Waals surface area contributed by atoms with Crippen LogP contribution in [0.5, 0.6) is 11.5 Å². The molecule has 0 aromatic heterocycles. The van der Waals surface area contributed by atoms with E-state index in [0.717, 1.165) is 25.0 Å². The SMILES string of the molecule is O=C(c1cccc(Oc2cccc(C(F)(F)F)c2)c1)N1CCC(C2OCCO2)CC1. The highest BCUT2D eigenvalue weighted by Crippen LogP contribution is 2.33. The lowest BCUT2D eigenvalue weighted by atomic mass is 9.95. The number of carbonyl (C=O) groups excluding carboxylic acids is 1. The van der Waals surface area contributed by atoms with Gasteiger partial charge < -0.3 is 19.1 Å². The van der Waals surface area contributed by atoms with Crippen molar-refractivity contribution in [2.24, 2.45) is 5.92 Å². The Labute approximate surface area is 172 Å². The summed E-state index contributed by atoms with van der Waals surface area (Å²) >= 11 is 0. The van der Waals surface area contributed by atoms with Crippen LogP contribution in [0.25, 0.3) is 0 Å². The van der Waals surface area contributed by atoms with Crippen molar-refractivity contribution in [1.82, 2.24) is 4.90 Å². The number of halogens is 3. The number of alkyl halides is 3. The number of carbonyl (C=O) groups is 1. The summed E-state index contributed by atoms with van der Waals surface area (Å²) < 4.78 is 55.4. The number of rotatable bonds is 4. The predicted molar refractivity (Wildman–Crippen MR) is 102 cm³/mol. The van der Waals surface area contributed by atoms with Crippen LogP contribution in [-0.4, -0.2) is 43.4 Å². The number of amides is 1. The topological polar surface area (TPSA) is 48.0 Å². The average molecular weight is 421 g/mol. The Hall–Kier alpha value is -2.58. The summed E-state index contributed by atoms with van der Waals surface area (Å²) in [4.78, 5) is 14.6. The smallest absolute Gasteiger partial charge is 0.416 e. The Morgan fingerprint density at radius 1 is 0.967 bits per heavy atom. The van der Waals surface area contributed by atoms with Gasteiger partial charge in [0.05, 0.1) is 18.8 Å². The van der Waals surface area contributed by atoms with Crippen LogP contribution in [0.1, 0.15) is 28.8 Å². The zero-order chi connectivity index (χ0) is 21.1. The van der Waals surface area contributed by atoms with Crippen molar-refractivity contribution in [2.75, 3.05) is 26.3 Å². The maximum Gasteiger partial charge on any atom is 0.416 e. The first-order chi connectivity index (χ1) is 14.4. The highest BCUT2D eigenvalue weighted by molar-refractivity contribution is 5.94. The highest BCUT2D eigenvalue weighted by atomic mass is 19.4. The molecule has 8 heteroatoms. The summed E-state index contributed by atoms with van der Waals surface area (Å²) in [7, 11) is 0. The lowest BCUT2D eigenvalue weighted by molar-refractivity contribution is -0.137. The van der Waals surface area contributed by atoms with Gasteiger partial charge in [-0.25, -0.2) is 0 Å². The van der Waals surface area contributed by atoms with Crippen molar-refractivity contribution in [3.63, 3.8) is 0 Å². The van der Waals surface area contributed by atoms with Crippen molar-refractivity contribution in [3.05, 3.63) is 59.7 Å². The normalized spacial score (nSPS) is 18.6. The summed E-state index contributed by atoms with van der Waals surface area (Å²) in [6.07, 6.45) is -3.02. The molecule has 0 bridgehead atoms. The Kier molecular flexibility index (Phi) is 5.97. The van der Waals surface area contributed by atoms with Crippen LogP contribution in [0, 0.1) is 5.92 Å². The van der Waals surface area contributed by atoms with E-state index >= 15 is 0 Å². The number of nitrogens with zero attached hydrogens (tertiary/aromatic N) is 1. The minimum atomic E-state index is -4.45. The van der Waals surface area contributed by atoms with Crippen LogP contribution >= 0.6 is 0 Å². The molecular weight excluding hydrogens is 399 g/mol. The molecular formula is C22H22F3NO4. The van der Waals surface area contributed by atoms with E-state index in [1.807, 2.05) is 0 Å². The molecule has 2 saturated heterocycles. The summed E-state index contributed by atoms with van der Waals surface area (Å²) in [5, 5.41) is 0. The molecule has 0 unspecified atom stereocenters. The predicted octanol–water partition coefficient (Wildman–Crippen LogP) is 4.72. The van der Waals surface area contributed by atoms with E-state index < -0.39 is 11.7 Å². The number of benzene rings is 2. The zero-order valence-corrected chi connectivity index (χ0v) is 16.2. The lowest BCUT2D eigenvalue weighted by Crippen LogP contribution is -2.41. The summed E-state index contributed by atoms with van der Waals surface area (Å²) in [5.41, 5.74) is -0.350. The minimum absolute atomic E-state index is 0.0619. The fraction of sp³-hybridized carbons (Fsp3) is 0.409. The third kappa shape index (κ3) is 4.76. The van der Waals surface area contributed by atoms with Crippen molar-refractivity contribution >= 4 is 5.91 Å². The molecule has 0 saturated carbocycles.